The SMILES string of the molecule is CCC1CCC(C2CCC(C)C2)C(C)C1.CCCCC1C(C)CC2CCCC2C1C1CCC(CC)C(CC)C1. The summed E-state index contributed by atoms with van der Waals surface area (Å²) in [6, 6.07) is 0. The Morgan fingerprint density at radius 3 is 1.92 bits per heavy atom. The monoisotopic (exact) mass is 541 g/mol. The molecule has 5 fully saturated rings. The number of rotatable bonds is 8. The lowest BCUT2D eigenvalue weighted by atomic mass is 9.55. The summed E-state index contributed by atoms with van der Waals surface area (Å²) >= 11 is 0. The summed E-state index contributed by atoms with van der Waals surface area (Å²) in [6.45, 7) is 17.3. The van der Waals surface area contributed by atoms with Crippen molar-refractivity contribution in [2.24, 2.45) is 76.9 Å². The minimum absolute atomic E-state index is 1.00. The molecule has 0 amide bonds. The van der Waals surface area contributed by atoms with Gasteiger partial charge in [-0.3, -0.25) is 0 Å². The summed E-state index contributed by atoms with van der Waals surface area (Å²) in [5, 5.41) is 0. The van der Waals surface area contributed by atoms with E-state index in [0.29, 0.717) is 0 Å². The second kappa shape index (κ2) is 15.5. The minimum atomic E-state index is 1.00. The Bertz CT molecular complexity index is 680. The first kappa shape index (κ1) is 31.9. The van der Waals surface area contributed by atoms with Crippen molar-refractivity contribution < 1.29 is 0 Å². The molecule has 0 radical (unpaired) electrons. The highest BCUT2D eigenvalue weighted by Gasteiger charge is 2.48. The van der Waals surface area contributed by atoms with Gasteiger partial charge >= 0.3 is 0 Å². The highest BCUT2D eigenvalue weighted by atomic mass is 14.5. The fourth-order valence-electron chi connectivity index (χ4n) is 11.8. The summed E-state index contributed by atoms with van der Waals surface area (Å²) in [6.07, 6.45) is 28.8. The third-order valence-corrected chi connectivity index (χ3v) is 14.0. The van der Waals surface area contributed by atoms with Crippen LogP contribution in [-0.2, 0) is 0 Å². The van der Waals surface area contributed by atoms with Crippen LogP contribution in [0.4, 0.5) is 0 Å². The number of hydrogen-bond donors (Lipinski definition) is 0. The van der Waals surface area contributed by atoms with E-state index in [1.54, 1.807) is 44.9 Å². The summed E-state index contributed by atoms with van der Waals surface area (Å²) < 4.78 is 0. The van der Waals surface area contributed by atoms with E-state index in [9.17, 15) is 0 Å². The molecule has 0 spiro atoms. The van der Waals surface area contributed by atoms with E-state index in [0.717, 1.165) is 76.9 Å². The van der Waals surface area contributed by atoms with Gasteiger partial charge in [-0.2, -0.15) is 0 Å². The topological polar surface area (TPSA) is 0 Å². The molecule has 0 nitrogen and oxygen atoms in total. The number of unbranched alkanes of at least 4 members (excludes halogenated alkanes) is 1. The summed E-state index contributed by atoms with van der Waals surface area (Å²) in [5.74, 6) is 13.8. The quantitative estimate of drug-likeness (QED) is 0.287. The molecule has 0 saturated heterocycles. The second-order valence-electron chi connectivity index (χ2n) is 16.3. The molecule has 5 saturated carbocycles. The molecule has 5 aliphatic rings. The Morgan fingerprint density at radius 2 is 1.28 bits per heavy atom. The van der Waals surface area contributed by atoms with E-state index >= 15 is 0 Å². The molecular formula is C39H72. The Morgan fingerprint density at radius 1 is 0.538 bits per heavy atom. The van der Waals surface area contributed by atoms with Gasteiger partial charge in [-0.25, -0.2) is 0 Å². The first-order valence-electron chi connectivity index (χ1n) is 18.9. The van der Waals surface area contributed by atoms with Gasteiger partial charge in [0.15, 0.2) is 0 Å². The smallest absolute Gasteiger partial charge is 0.0324 e. The standard InChI is InChI=1S/C24H44.C15H28/c1-5-8-11-22-17(4)15-20-10-9-12-23(20)24(22)21-14-13-18(6-2)19(7-3)16-21;1-4-13-6-8-15(12(3)10-13)14-7-5-11(2)9-14/h17-24H,5-16H2,1-4H3;11-15H,4-10H2,1-3H3. The lowest BCUT2D eigenvalue weighted by molar-refractivity contribution is -0.0149. The Balaban J connectivity index is 0.000000202. The first-order chi connectivity index (χ1) is 18.9. The van der Waals surface area contributed by atoms with Gasteiger partial charge in [-0.05, 0) is 141 Å². The second-order valence-corrected chi connectivity index (χ2v) is 16.3. The third-order valence-electron chi connectivity index (χ3n) is 14.0. The molecule has 0 heterocycles. The van der Waals surface area contributed by atoms with E-state index < -0.39 is 0 Å². The first-order valence-corrected chi connectivity index (χ1v) is 18.9. The molecule has 0 aliphatic heterocycles. The van der Waals surface area contributed by atoms with Crippen LogP contribution in [0.5, 0.6) is 0 Å². The van der Waals surface area contributed by atoms with Crippen molar-refractivity contribution in [3.8, 4) is 0 Å². The minimum Gasteiger partial charge on any atom is -0.0654 e. The molecule has 5 aliphatic carbocycles. The van der Waals surface area contributed by atoms with Crippen molar-refractivity contribution in [2.75, 3.05) is 0 Å². The average Bonchev–Trinajstić information content (AvgIpc) is 3.60. The molecule has 0 aromatic heterocycles. The molecule has 0 bridgehead atoms. The molecule has 13 unspecified atom stereocenters. The lowest BCUT2D eigenvalue weighted by Gasteiger charge is -2.51. The van der Waals surface area contributed by atoms with Crippen molar-refractivity contribution in [1.82, 2.24) is 0 Å². The number of hydrogen-bond acceptors (Lipinski definition) is 0. The van der Waals surface area contributed by atoms with Crippen LogP contribution in [0.2, 0.25) is 0 Å². The zero-order chi connectivity index (χ0) is 27.9. The van der Waals surface area contributed by atoms with Crippen LogP contribution >= 0.6 is 0 Å². The van der Waals surface area contributed by atoms with Crippen LogP contribution in [0.25, 0.3) is 0 Å². The molecule has 13 atom stereocenters. The Hall–Kier alpha value is 0. The van der Waals surface area contributed by atoms with Crippen molar-refractivity contribution in [3.63, 3.8) is 0 Å². The van der Waals surface area contributed by atoms with Crippen molar-refractivity contribution >= 4 is 0 Å². The predicted molar refractivity (Wildman–Crippen MR) is 173 cm³/mol. The molecule has 0 heteroatoms. The van der Waals surface area contributed by atoms with E-state index in [1.807, 2.05) is 0 Å². The van der Waals surface area contributed by atoms with Crippen LogP contribution in [0, 0.1) is 76.9 Å². The number of fused-ring (bicyclic) bond motifs is 1. The van der Waals surface area contributed by atoms with E-state index in [1.165, 1.54) is 77.0 Å². The maximum Gasteiger partial charge on any atom is -0.0324 e. The van der Waals surface area contributed by atoms with Crippen LogP contribution in [0.15, 0.2) is 0 Å². The zero-order valence-corrected chi connectivity index (χ0v) is 27.9. The molecular weight excluding hydrogens is 468 g/mol. The molecule has 5 rings (SSSR count). The zero-order valence-electron chi connectivity index (χ0n) is 27.9. The lowest BCUT2D eigenvalue weighted by Crippen LogP contribution is -2.43. The van der Waals surface area contributed by atoms with Gasteiger partial charge in [0.1, 0.15) is 0 Å². The van der Waals surface area contributed by atoms with Crippen LogP contribution < -0.4 is 0 Å². The van der Waals surface area contributed by atoms with Gasteiger partial charge in [-0.1, -0.05) is 106 Å². The van der Waals surface area contributed by atoms with Crippen molar-refractivity contribution in [2.45, 2.75) is 170 Å². The van der Waals surface area contributed by atoms with Crippen LogP contribution in [-0.4, -0.2) is 0 Å². The van der Waals surface area contributed by atoms with Crippen LogP contribution in [0.3, 0.4) is 0 Å². The normalized spacial score (nSPS) is 46.4. The largest absolute Gasteiger partial charge is 0.0654 e. The third kappa shape index (κ3) is 7.89. The van der Waals surface area contributed by atoms with Gasteiger partial charge in [0.2, 0.25) is 0 Å². The average molecular weight is 541 g/mol. The Kier molecular flexibility index (Phi) is 12.7. The molecule has 39 heavy (non-hydrogen) atoms. The summed E-state index contributed by atoms with van der Waals surface area (Å²) in [4.78, 5) is 0. The summed E-state index contributed by atoms with van der Waals surface area (Å²) in [7, 11) is 0. The molecule has 0 aromatic rings. The van der Waals surface area contributed by atoms with Gasteiger partial charge in [0.25, 0.3) is 0 Å². The van der Waals surface area contributed by atoms with Crippen LogP contribution in [0.1, 0.15) is 170 Å². The van der Waals surface area contributed by atoms with E-state index in [2.05, 4.69) is 48.5 Å². The van der Waals surface area contributed by atoms with Gasteiger partial charge in [-0.15, -0.1) is 0 Å². The predicted octanol–water partition coefficient (Wildman–Crippen LogP) is 12.6. The maximum absolute atomic E-state index is 2.62. The molecule has 0 N–H and O–H groups in total. The van der Waals surface area contributed by atoms with Crippen molar-refractivity contribution in [1.29, 1.82) is 0 Å². The van der Waals surface area contributed by atoms with Crippen molar-refractivity contribution in [3.05, 3.63) is 0 Å². The molecule has 228 valence electrons. The fraction of sp³-hybridized carbons (Fsp3) is 1.00. The van der Waals surface area contributed by atoms with E-state index in [-0.39, 0.29) is 0 Å². The highest BCUT2D eigenvalue weighted by Crippen LogP contribution is 2.57. The van der Waals surface area contributed by atoms with Gasteiger partial charge < -0.3 is 0 Å². The fourth-order valence-corrected chi connectivity index (χ4v) is 11.8. The maximum atomic E-state index is 2.62. The Labute approximate surface area is 247 Å². The van der Waals surface area contributed by atoms with Gasteiger partial charge in [0, 0.05) is 0 Å². The van der Waals surface area contributed by atoms with E-state index in [4.69, 9.17) is 0 Å². The van der Waals surface area contributed by atoms with Gasteiger partial charge in [0.05, 0.1) is 0 Å². The summed E-state index contributed by atoms with van der Waals surface area (Å²) in [5.41, 5.74) is 0. The molecule has 0 aromatic carbocycles. The highest BCUT2D eigenvalue weighted by molar-refractivity contribution is 4.98.